The zero-order chi connectivity index (χ0) is 18.7. The Morgan fingerprint density at radius 3 is 2.72 bits per heavy atom. The van der Waals surface area contributed by atoms with E-state index in [1.165, 1.54) is 0 Å². The standard InChI is InChI=1S/C20H32O5/c1-2-3-6-9-15(21)12-13-17-16(18(22)14-19(17)23)10-7-4-5-8-11-20(24)25/h4,7,12-13,15-17,19,21,23H,2-3,5-6,8-11,14H2,1H3,(H,24,25)/b7-4+,13-12+/t15-,16-,17?,19+/m0/s1. The summed E-state index contributed by atoms with van der Waals surface area (Å²) in [4.78, 5) is 22.5. The second-order valence-electron chi connectivity index (χ2n) is 6.86. The third kappa shape index (κ3) is 8.45. The lowest BCUT2D eigenvalue weighted by Gasteiger charge is -2.16. The van der Waals surface area contributed by atoms with Gasteiger partial charge in [-0.15, -0.1) is 0 Å². The van der Waals surface area contributed by atoms with Crippen LogP contribution in [0.25, 0.3) is 0 Å². The number of hydrogen-bond acceptors (Lipinski definition) is 4. The molecule has 0 aliphatic heterocycles. The quantitative estimate of drug-likeness (QED) is 0.370. The van der Waals surface area contributed by atoms with Crippen LogP contribution in [0.1, 0.15) is 64.7 Å². The van der Waals surface area contributed by atoms with E-state index in [-0.39, 0.29) is 30.5 Å². The van der Waals surface area contributed by atoms with Gasteiger partial charge in [-0.05, 0) is 25.7 Å². The minimum absolute atomic E-state index is 0.0535. The first-order chi connectivity index (χ1) is 12.0. The van der Waals surface area contributed by atoms with Crippen molar-refractivity contribution in [2.45, 2.75) is 76.9 Å². The number of carboxylic acid groups (broad SMARTS) is 1. The summed E-state index contributed by atoms with van der Waals surface area (Å²) in [6.07, 6.45) is 12.1. The minimum atomic E-state index is -0.801. The van der Waals surface area contributed by atoms with Gasteiger partial charge in [0, 0.05) is 24.7 Å². The normalized spacial score (nSPS) is 25.2. The largest absolute Gasteiger partial charge is 0.481 e. The molecule has 1 aliphatic carbocycles. The Balaban J connectivity index is 2.48. The number of rotatable bonds is 12. The first kappa shape index (κ1) is 21.6. The molecule has 4 atom stereocenters. The van der Waals surface area contributed by atoms with Crippen LogP contribution in [0.4, 0.5) is 0 Å². The van der Waals surface area contributed by atoms with Gasteiger partial charge in [0.05, 0.1) is 12.2 Å². The number of Topliss-reactive ketones (excluding diaryl/α,β-unsaturated/α-hetero) is 1. The molecule has 3 N–H and O–H groups in total. The fourth-order valence-corrected chi connectivity index (χ4v) is 3.22. The Morgan fingerprint density at radius 2 is 2.04 bits per heavy atom. The summed E-state index contributed by atoms with van der Waals surface area (Å²) in [5.41, 5.74) is 0. The molecule has 5 heteroatoms. The Kier molecular flexibility index (Phi) is 10.3. The molecule has 0 saturated heterocycles. The van der Waals surface area contributed by atoms with E-state index in [1.807, 2.05) is 12.2 Å². The predicted octanol–water partition coefficient (Wildman–Crippen LogP) is 3.25. The number of aliphatic carboxylic acids is 1. The maximum atomic E-state index is 12.1. The molecule has 0 heterocycles. The molecule has 0 radical (unpaired) electrons. The van der Waals surface area contributed by atoms with Crippen LogP contribution in [-0.2, 0) is 9.59 Å². The number of carbonyl (C=O) groups is 2. The van der Waals surface area contributed by atoms with Gasteiger partial charge in [0.2, 0.25) is 0 Å². The van der Waals surface area contributed by atoms with Gasteiger partial charge in [0.15, 0.2) is 0 Å². The fourth-order valence-electron chi connectivity index (χ4n) is 3.22. The molecule has 1 aliphatic rings. The molecule has 1 fully saturated rings. The van der Waals surface area contributed by atoms with Crippen LogP contribution in [0.2, 0.25) is 0 Å². The number of ketones is 1. The van der Waals surface area contributed by atoms with E-state index < -0.39 is 18.2 Å². The Hall–Kier alpha value is -1.46. The molecule has 5 nitrogen and oxygen atoms in total. The van der Waals surface area contributed by atoms with E-state index in [1.54, 1.807) is 12.2 Å². The lowest BCUT2D eigenvalue weighted by molar-refractivity contribution is -0.137. The van der Waals surface area contributed by atoms with Crippen molar-refractivity contribution >= 4 is 11.8 Å². The van der Waals surface area contributed by atoms with Crippen molar-refractivity contribution in [1.82, 2.24) is 0 Å². The molecule has 0 aromatic heterocycles. The molecule has 0 bridgehead atoms. The highest BCUT2D eigenvalue weighted by molar-refractivity contribution is 5.84. The Morgan fingerprint density at radius 1 is 1.28 bits per heavy atom. The molecule has 0 aromatic carbocycles. The summed E-state index contributed by atoms with van der Waals surface area (Å²) < 4.78 is 0. The predicted molar refractivity (Wildman–Crippen MR) is 97.1 cm³/mol. The number of aliphatic hydroxyl groups excluding tert-OH is 2. The van der Waals surface area contributed by atoms with Crippen molar-refractivity contribution in [3.8, 4) is 0 Å². The number of allylic oxidation sites excluding steroid dienone is 2. The van der Waals surface area contributed by atoms with Crippen LogP contribution < -0.4 is 0 Å². The van der Waals surface area contributed by atoms with Crippen LogP contribution >= 0.6 is 0 Å². The SMILES string of the molecule is CCCCC[C@H](O)/C=C/C1[C@H](O)CC(=O)[C@H]1C/C=C/CCCC(=O)O. The van der Waals surface area contributed by atoms with Gasteiger partial charge in [-0.25, -0.2) is 0 Å². The van der Waals surface area contributed by atoms with E-state index in [2.05, 4.69) is 6.92 Å². The van der Waals surface area contributed by atoms with Crippen LogP contribution in [0.3, 0.4) is 0 Å². The van der Waals surface area contributed by atoms with Gasteiger partial charge < -0.3 is 15.3 Å². The van der Waals surface area contributed by atoms with E-state index in [9.17, 15) is 19.8 Å². The topological polar surface area (TPSA) is 94.8 Å². The van der Waals surface area contributed by atoms with Crippen molar-refractivity contribution in [3.05, 3.63) is 24.3 Å². The van der Waals surface area contributed by atoms with Crippen LogP contribution in [0.5, 0.6) is 0 Å². The third-order valence-electron chi connectivity index (χ3n) is 4.71. The summed E-state index contributed by atoms with van der Waals surface area (Å²) in [5.74, 6) is -1.26. The smallest absolute Gasteiger partial charge is 0.303 e. The molecular formula is C20H32O5. The van der Waals surface area contributed by atoms with Gasteiger partial charge >= 0.3 is 5.97 Å². The molecule has 1 saturated carbocycles. The zero-order valence-electron chi connectivity index (χ0n) is 15.1. The number of unbranched alkanes of at least 4 members (excludes halogenated alkanes) is 3. The van der Waals surface area contributed by atoms with Gasteiger partial charge in [0.1, 0.15) is 5.78 Å². The number of hydrogen-bond donors (Lipinski definition) is 3. The fraction of sp³-hybridized carbons (Fsp3) is 0.700. The summed E-state index contributed by atoms with van der Waals surface area (Å²) in [6.45, 7) is 2.11. The Bertz CT molecular complexity index is 469. The highest BCUT2D eigenvalue weighted by Crippen LogP contribution is 2.33. The molecule has 0 amide bonds. The number of carboxylic acids is 1. The first-order valence-electron chi connectivity index (χ1n) is 9.39. The number of carbonyl (C=O) groups excluding carboxylic acids is 1. The van der Waals surface area contributed by atoms with Crippen molar-refractivity contribution < 1.29 is 24.9 Å². The van der Waals surface area contributed by atoms with Crippen LogP contribution in [0.15, 0.2) is 24.3 Å². The average molecular weight is 352 g/mol. The first-order valence-corrected chi connectivity index (χ1v) is 9.39. The van der Waals surface area contributed by atoms with Gasteiger partial charge in [-0.1, -0.05) is 50.5 Å². The highest BCUT2D eigenvalue weighted by Gasteiger charge is 2.39. The highest BCUT2D eigenvalue weighted by atomic mass is 16.4. The summed E-state index contributed by atoms with van der Waals surface area (Å²) in [7, 11) is 0. The molecule has 25 heavy (non-hydrogen) atoms. The molecule has 0 aromatic rings. The third-order valence-corrected chi connectivity index (χ3v) is 4.71. The Labute approximate surface area is 150 Å². The van der Waals surface area contributed by atoms with E-state index in [0.29, 0.717) is 25.7 Å². The molecule has 1 unspecified atom stereocenters. The van der Waals surface area contributed by atoms with E-state index in [0.717, 1.165) is 19.3 Å². The van der Waals surface area contributed by atoms with Crippen molar-refractivity contribution in [2.75, 3.05) is 0 Å². The molecular weight excluding hydrogens is 320 g/mol. The summed E-state index contributed by atoms with van der Waals surface area (Å²) >= 11 is 0. The van der Waals surface area contributed by atoms with Crippen molar-refractivity contribution in [3.63, 3.8) is 0 Å². The van der Waals surface area contributed by atoms with E-state index in [4.69, 9.17) is 5.11 Å². The van der Waals surface area contributed by atoms with Crippen molar-refractivity contribution in [2.24, 2.45) is 11.8 Å². The van der Waals surface area contributed by atoms with Gasteiger partial charge in [0.25, 0.3) is 0 Å². The average Bonchev–Trinajstić information content (AvgIpc) is 2.82. The monoisotopic (exact) mass is 352 g/mol. The lowest BCUT2D eigenvalue weighted by Crippen LogP contribution is -2.18. The zero-order valence-corrected chi connectivity index (χ0v) is 15.1. The van der Waals surface area contributed by atoms with Gasteiger partial charge in [-0.3, -0.25) is 9.59 Å². The number of aliphatic hydroxyl groups is 2. The van der Waals surface area contributed by atoms with Crippen LogP contribution in [0, 0.1) is 11.8 Å². The van der Waals surface area contributed by atoms with E-state index >= 15 is 0 Å². The molecule has 0 spiro atoms. The second-order valence-corrected chi connectivity index (χ2v) is 6.86. The molecule has 1 rings (SSSR count). The van der Waals surface area contributed by atoms with Crippen molar-refractivity contribution in [1.29, 1.82) is 0 Å². The maximum Gasteiger partial charge on any atom is 0.303 e. The lowest BCUT2D eigenvalue weighted by atomic mass is 9.90. The van der Waals surface area contributed by atoms with Gasteiger partial charge in [-0.2, -0.15) is 0 Å². The summed E-state index contributed by atoms with van der Waals surface area (Å²) in [6, 6.07) is 0. The van der Waals surface area contributed by atoms with Crippen LogP contribution in [-0.4, -0.2) is 39.3 Å². The maximum absolute atomic E-state index is 12.1. The minimum Gasteiger partial charge on any atom is -0.481 e. The summed E-state index contributed by atoms with van der Waals surface area (Å²) in [5, 5.41) is 28.7. The molecule has 142 valence electrons. The second kappa shape index (κ2) is 12.0.